The summed E-state index contributed by atoms with van der Waals surface area (Å²) in [5.74, 6) is 1.95. The maximum absolute atomic E-state index is 5.16. The fraction of sp³-hybridized carbons (Fsp3) is 0. The minimum absolute atomic E-state index is 0.644. The van der Waals surface area contributed by atoms with Crippen LogP contribution in [-0.4, -0.2) is 24.3 Å². The first-order chi connectivity index (χ1) is 24.3. The molecule has 0 aliphatic carbocycles. The lowest BCUT2D eigenvalue weighted by Crippen LogP contribution is -2.00. The second kappa shape index (κ2) is 10.9. The van der Waals surface area contributed by atoms with E-state index in [1.54, 1.807) is 0 Å². The predicted octanol–water partition coefficient (Wildman–Crippen LogP) is 10.8. The van der Waals surface area contributed by atoms with Crippen LogP contribution in [0.5, 0.6) is 0 Å². The number of benzene rings is 7. The van der Waals surface area contributed by atoms with Crippen LogP contribution in [0.3, 0.4) is 0 Å². The summed E-state index contributed by atoms with van der Waals surface area (Å²) in [5.41, 5.74) is 9.33. The fourth-order valence-corrected chi connectivity index (χ4v) is 7.05. The molecule has 3 aromatic heterocycles. The van der Waals surface area contributed by atoms with Crippen molar-refractivity contribution >= 4 is 49.1 Å². The molecule has 0 N–H and O–H groups in total. The van der Waals surface area contributed by atoms with Gasteiger partial charge in [-0.3, -0.25) is 4.40 Å². The SMILES string of the molecule is c1ccc(-c2nc(-c3ccccc3)nc(-c3ccc(-c4ccc5c(c4)c4ccc6ccccc6c4c4nc6ccccc6n54)cc3)n2)cc1. The number of imidazole rings is 1. The summed E-state index contributed by atoms with van der Waals surface area (Å²) < 4.78 is 2.32. The van der Waals surface area contributed by atoms with Crippen molar-refractivity contribution in [3.05, 3.63) is 164 Å². The topological polar surface area (TPSA) is 56.0 Å². The average Bonchev–Trinajstić information content (AvgIpc) is 3.58. The van der Waals surface area contributed by atoms with Crippen LogP contribution in [0.4, 0.5) is 0 Å². The summed E-state index contributed by atoms with van der Waals surface area (Å²) in [7, 11) is 0. The monoisotopic (exact) mass is 625 g/mol. The highest BCUT2D eigenvalue weighted by Gasteiger charge is 2.17. The van der Waals surface area contributed by atoms with Crippen molar-refractivity contribution in [3.8, 4) is 45.3 Å². The molecule has 228 valence electrons. The Kier molecular flexibility index (Phi) is 6.11. The molecule has 3 heterocycles. The standard InChI is InChI=1S/C44H27N5/c1-3-12-30(13-4-1)41-46-42(31-14-5-2-6-15-31)48-43(47-41)32-21-19-28(20-22-32)33-24-26-38-36(27-33)35-25-23-29-11-7-8-16-34(29)40(35)44-45-37-17-9-10-18-39(37)49(38)44/h1-27H. The summed E-state index contributed by atoms with van der Waals surface area (Å²) in [5, 5.41) is 5.98. The Bertz CT molecular complexity index is 2800. The lowest BCUT2D eigenvalue weighted by molar-refractivity contribution is 1.07. The van der Waals surface area contributed by atoms with Gasteiger partial charge in [-0.2, -0.15) is 0 Å². The molecule has 0 spiro atoms. The first-order valence-electron chi connectivity index (χ1n) is 16.4. The molecule has 5 nitrogen and oxygen atoms in total. The van der Waals surface area contributed by atoms with Gasteiger partial charge < -0.3 is 0 Å². The van der Waals surface area contributed by atoms with Gasteiger partial charge in [-0.05, 0) is 51.6 Å². The highest BCUT2D eigenvalue weighted by Crippen LogP contribution is 2.38. The summed E-state index contributed by atoms with van der Waals surface area (Å²) in [6.45, 7) is 0. The van der Waals surface area contributed by atoms with Gasteiger partial charge in [0.15, 0.2) is 17.5 Å². The van der Waals surface area contributed by atoms with Gasteiger partial charge in [-0.15, -0.1) is 0 Å². The van der Waals surface area contributed by atoms with E-state index in [9.17, 15) is 0 Å². The number of hydrogen-bond donors (Lipinski definition) is 0. The zero-order valence-electron chi connectivity index (χ0n) is 26.3. The number of rotatable bonds is 4. The van der Waals surface area contributed by atoms with Crippen LogP contribution in [0, 0.1) is 0 Å². The van der Waals surface area contributed by atoms with E-state index in [1.165, 1.54) is 26.9 Å². The third-order valence-electron chi connectivity index (χ3n) is 9.42. The zero-order valence-corrected chi connectivity index (χ0v) is 26.3. The van der Waals surface area contributed by atoms with E-state index in [0.29, 0.717) is 17.5 Å². The largest absolute Gasteiger partial charge is 0.292 e. The summed E-state index contributed by atoms with van der Waals surface area (Å²) in [6.07, 6.45) is 0. The first-order valence-corrected chi connectivity index (χ1v) is 16.4. The van der Waals surface area contributed by atoms with Crippen molar-refractivity contribution in [2.24, 2.45) is 0 Å². The van der Waals surface area contributed by atoms with Gasteiger partial charge in [0.05, 0.1) is 16.6 Å². The molecule has 10 rings (SSSR count). The number of nitrogens with zero attached hydrogens (tertiary/aromatic N) is 5. The number of hydrogen-bond acceptors (Lipinski definition) is 4. The van der Waals surface area contributed by atoms with Crippen LogP contribution in [-0.2, 0) is 0 Å². The molecule has 10 aromatic rings. The number of aromatic nitrogens is 5. The van der Waals surface area contributed by atoms with E-state index in [-0.39, 0.29) is 0 Å². The molecule has 0 aliphatic rings. The Labute approximate surface area is 281 Å². The van der Waals surface area contributed by atoms with Crippen LogP contribution < -0.4 is 0 Å². The highest BCUT2D eigenvalue weighted by molar-refractivity contribution is 6.23. The van der Waals surface area contributed by atoms with Crippen LogP contribution in [0.2, 0.25) is 0 Å². The van der Waals surface area contributed by atoms with Crippen LogP contribution in [0.1, 0.15) is 0 Å². The van der Waals surface area contributed by atoms with E-state index in [2.05, 4.69) is 108 Å². The van der Waals surface area contributed by atoms with Crippen molar-refractivity contribution in [3.63, 3.8) is 0 Å². The lowest BCUT2D eigenvalue weighted by Gasteiger charge is -2.13. The Morgan fingerprint density at radius 2 is 0.918 bits per heavy atom. The van der Waals surface area contributed by atoms with Crippen LogP contribution in [0.15, 0.2) is 164 Å². The third kappa shape index (κ3) is 4.48. The molecule has 0 aliphatic heterocycles. The van der Waals surface area contributed by atoms with Crippen LogP contribution >= 0.6 is 0 Å². The molecule has 0 unspecified atom stereocenters. The van der Waals surface area contributed by atoms with Crippen molar-refractivity contribution in [2.75, 3.05) is 0 Å². The Hall–Kier alpha value is -6.72. The normalized spacial score (nSPS) is 11.7. The molecule has 7 aromatic carbocycles. The lowest BCUT2D eigenvalue weighted by atomic mass is 9.96. The average molecular weight is 626 g/mol. The molecular formula is C44H27N5. The van der Waals surface area contributed by atoms with Gasteiger partial charge in [0.1, 0.15) is 5.65 Å². The minimum atomic E-state index is 0.644. The third-order valence-corrected chi connectivity index (χ3v) is 9.42. The maximum Gasteiger partial charge on any atom is 0.164 e. The Morgan fingerprint density at radius 3 is 1.63 bits per heavy atom. The molecule has 0 bridgehead atoms. The number of pyridine rings is 1. The predicted molar refractivity (Wildman–Crippen MR) is 200 cm³/mol. The Balaban J connectivity index is 1.13. The molecule has 0 radical (unpaired) electrons. The van der Waals surface area contributed by atoms with Crippen LogP contribution in [0.25, 0.3) is 94.4 Å². The highest BCUT2D eigenvalue weighted by atomic mass is 15.0. The summed E-state index contributed by atoms with van der Waals surface area (Å²) in [6, 6.07) is 56.9. The van der Waals surface area contributed by atoms with E-state index in [4.69, 9.17) is 19.9 Å². The van der Waals surface area contributed by atoms with Gasteiger partial charge in [-0.1, -0.05) is 140 Å². The van der Waals surface area contributed by atoms with Crippen molar-refractivity contribution in [1.82, 2.24) is 24.3 Å². The van der Waals surface area contributed by atoms with Crippen molar-refractivity contribution in [1.29, 1.82) is 0 Å². The van der Waals surface area contributed by atoms with Gasteiger partial charge in [0.2, 0.25) is 0 Å². The Morgan fingerprint density at radius 1 is 0.347 bits per heavy atom. The van der Waals surface area contributed by atoms with Gasteiger partial charge >= 0.3 is 0 Å². The smallest absolute Gasteiger partial charge is 0.164 e. The van der Waals surface area contributed by atoms with E-state index in [0.717, 1.165) is 50.0 Å². The second-order valence-electron chi connectivity index (χ2n) is 12.3. The fourth-order valence-electron chi connectivity index (χ4n) is 7.05. The first kappa shape index (κ1) is 27.4. The number of para-hydroxylation sites is 2. The zero-order chi connectivity index (χ0) is 32.3. The molecule has 0 atom stereocenters. The number of fused-ring (bicyclic) bond motifs is 10. The van der Waals surface area contributed by atoms with Gasteiger partial charge in [0, 0.05) is 27.5 Å². The molecular weight excluding hydrogens is 599 g/mol. The van der Waals surface area contributed by atoms with Gasteiger partial charge in [-0.25, -0.2) is 19.9 Å². The summed E-state index contributed by atoms with van der Waals surface area (Å²) in [4.78, 5) is 19.8. The maximum atomic E-state index is 5.16. The van der Waals surface area contributed by atoms with Gasteiger partial charge in [0.25, 0.3) is 0 Å². The molecule has 0 saturated carbocycles. The molecule has 0 amide bonds. The van der Waals surface area contributed by atoms with Crippen molar-refractivity contribution < 1.29 is 0 Å². The summed E-state index contributed by atoms with van der Waals surface area (Å²) >= 11 is 0. The van der Waals surface area contributed by atoms with E-state index >= 15 is 0 Å². The molecule has 0 fully saturated rings. The molecule has 0 saturated heterocycles. The quantitative estimate of drug-likeness (QED) is 0.183. The molecule has 49 heavy (non-hydrogen) atoms. The van der Waals surface area contributed by atoms with E-state index in [1.807, 2.05) is 60.7 Å². The van der Waals surface area contributed by atoms with Crippen molar-refractivity contribution in [2.45, 2.75) is 0 Å². The van der Waals surface area contributed by atoms with E-state index < -0.39 is 0 Å². The molecule has 5 heteroatoms. The minimum Gasteiger partial charge on any atom is -0.292 e. The second-order valence-corrected chi connectivity index (χ2v) is 12.3.